The molecule has 51 heavy (non-hydrogen) atoms. The molecule has 0 aliphatic carbocycles. The van der Waals surface area contributed by atoms with Crippen molar-refractivity contribution in [1.29, 1.82) is 0 Å². The molecule has 0 saturated carbocycles. The molecule has 0 aromatic heterocycles. The summed E-state index contributed by atoms with van der Waals surface area (Å²) in [5, 5.41) is 19.6. The van der Waals surface area contributed by atoms with Crippen molar-refractivity contribution in [1.82, 2.24) is 9.80 Å². The summed E-state index contributed by atoms with van der Waals surface area (Å²) in [5.41, 5.74) is 4.62. The third-order valence-corrected chi connectivity index (χ3v) is 9.95. The fourth-order valence-corrected chi connectivity index (χ4v) is 6.81. The molecule has 2 aliphatic heterocycles. The standard InChI is InChI=1S/2C20H26N2O3.H2O/c2*1-15(16-8-9-18(23)20(14-16)25-3)21-10-12-22(13-11-21)17-6-4-5-7-19(17)24-2;/h2*4-9,14-15,23H,10-13H2,1-3H3;1H2. The minimum absolute atomic E-state index is 0. The van der Waals surface area contributed by atoms with Gasteiger partial charge in [-0.05, 0) is 73.5 Å². The maximum atomic E-state index is 9.78. The fourth-order valence-electron chi connectivity index (χ4n) is 6.81. The zero-order valence-corrected chi connectivity index (χ0v) is 30.7. The lowest BCUT2D eigenvalue weighted by atomic mass is 10.0. The Labute approximate surface area is 302 Å². The van der Waals surface area contributed by atoms with E-state index < -0.39 is 0 Å². The lowest BCUT2D eigenvalue weighted by molar-refractivity contribution is 0.197. The third-order valence-electron chi connectivity index (χ3n) is 9.95. The number of benzene rings is 4. The van der Waals surface area contributed by atoms with Gasteiger partial charge < -0.3 is 44.4 Å². The van der Waals surface area contributed by atoms with Crippen LogP contribution in [0.1, 0.15) is 37.1 Å². The summed E-state index contributed by atoms with van der Waals surface area (Å²) in [6, 6.07) is 28.1. The van der Waals surface area contributed by atoms with Crippen LogP contribution in [-0.4, -0.2) is 106 Å². The van der Waals surface area contributed by atoms with Gasteiger partial charge in [-0.1, -0.05) is 36.4 Å². The van der Waals surface area contributed by atoms with Gasteiger partial charge in [0.05, 0.1) is 39.8 Å². The highest BCUT2D eigenvalue weighted by Gasteiger charge is 2.25. The molecule has 11 heteroatoms. The average molecular weight is 703 g/mol. The van der Waals surface area contributed by atoms with Gasteiger partial charge in [-0.3, -0.25) is 9.80 Å². The number of para-hydroxylation sites is 4. The highest BCUT2D eigenvalue weighted by molar-refractivity contribution is 5.59. The van der Waals surface area contributed by atoms with Crippen molar-refractivity contribution in [2.45, 2.75) is 25.9 Å². The molecular formula is C40H54N4O7. The molecular weight excluding hydrogens is 648 g/mol. The van der Waals surface area contributed by atoms with Crippen molar-refractivity contribution < 1.29 is 34.6 Å². The zero-order valence-electron chi connectivity index (χ0n) is 30.7. The first-order chi connectivity index (χ1) is 24.3. The van der Waals surface area contributed by atoms with Crippen molar-refractivity contribution in [3.05, 3.63) is 96.1 Å². The first-order valence-corrected chi connectivity index (χ1v) is 17.3. The van der Waals surface area contributed by atoms with Gasteiger partial charge in [0.1, 0.15) is 11.5 Å². The molecule has 0 radical (unpaired) electrons. The normalized spacial score (nSPS) is 16.2. The quantitative estimate of drug-likeness (QED) is 0.211. The van der Waals surface area contributed by atoms with Crippen molar-refractivity contribution in [2.75, 3.05) is 90.6 Å². The largest absolute Gasteiger partial charge is 0.504 e. The molecule has 4 aromatic carbocycles. The van der Waals surface area contributed by atoms with E-state index in [0.717, 1.165) is 86.4 Å². The molecule has 0 spiro atoms. The Morgan fingerprint density at radius 3 is 1.14 bits per heavy atom. The van der Waals surface area contributed by atoms with Crippen LogP contribution in [0.2, 0.25) is 0 Å². The van der Waals surface area contributed by atoms with E-state index in [1.807, 2.05) is 48.5 Å². The maximum Gasteiger partial charge on any atom is 0.160 e. The molecule has 2 unspecified atom stereocenters. The van der Waals surface area contributed by atoms with Gasteiger partial charge in [0.2, 0.25) is 0 Å². The molecule has 276 valence electrons. The molecule has 2 fully saturated rings. The minimum Gasteiger partial charge on any atom is -0.504 e. The molecule has 6 rings (SSSR count). The molecule has 2 heterocycles. The Hall–Kier alpha value is -4.84. The Morgan fingerprint density at radius 1 is 0.471 bits per heavy atom. The number of phenolic OH excluding ortho intramolecular Hbond substituents is 2. The predicted molar refractivity (Wildman–Crippen MR) is 203 cm³/mol. The smallest absolute Gasteiger partial charge is 0.160 e. The molecule has 2 aliphatic rings. The summed E-state index contributed by atoms with van der Waals surface area (Å²) in [6.45, 7) is 12.1. The van der Waals surface area contributed by atoms with Gasteiger partial charge in [0.25, 0.3) is 0 Å². The minimum atomic E-state index is 0. The van der Waals surface area contributed by atoms with Crippen molar-refractivity contribution in [2.24, 2.45) is 0 Å². The van der Waals surface area contributed by atoms with Crippen molar-refractivity contribution in [3.8, 4) is 34.5 Å². The molecule has 0 amide bonds. The summed E-state index contributed by atoms with van der Waals surface area (Å²) in [7, 11) is 6.59. The summed E-state index contributed by atoms with van der Waals surface area (Å²) >= 11 is 0. The average Bonchev–Trinajstić information content (AvgIpc) is 3.18. The van der Waals surface area contributed by atoms with E-state index in [9.17, 15) is 10.2 Å². The summed E-state index contributed by atoms with van der Waals surface area (Å²) in [4.78, 5) is 9.66. The monoisotopic (exact) mass is 702 g/mol. The number of methoxy groups -OCH3 is 4. The molecule has 2 saturated heterocycles. The van der Waals surface area contributed by atoms with Crippen LogP contribution in [0.3, 0.4) is 0 Å². The Balaban J connectivity index is 0.000000224. The van der Waals surface area contributed by atoms with Crippen LogP contribution in [0, 0.1) is 0 Å². The van der Waals surface area contributed by atoms with Crippen LogP contribution in [0.4, 0.5) is 11.4 Å². The fraction of sp³-hybridized carbons (Fsp3) is 0.400. The van der Waals surface area contributed by atoms with Crippen molar-refractivity contribution in [3.63, 3.8) is 0 Å². The van der Waals surface area contributed by atoms with Crippen LogP contribution in [0.25, 0.3) is 0 Å². The second-order valence-electron chi connectivity index (χ2n) is 12.6. The summed E-state index contributed by atoms with van der Waals surface area (Å²) in [5.74, 6) is 3.26. The highest BCUT2D eigenvalue weighted by atomic mass is 16.5. The number of piperazine rings is 2. The van der Waals surface area contributed by atoms with Crippen LogP contribution in [-0.2, 0) is 0 Å². The van der Waals surface area contributed by atoms with Gasteiger partial charge in [0, 0.05) is 64.4 Å². The predicted octanol–water partition coefficient (Wildman–Crippen LogP) is 5.76. The van der Waals surface area contributed by atoms with E-state index in [2.05, 4.69) is 57.7 Å². The van der Waals surface area contributed by atoms with Crippen LogP contribution < -0.4 is 28.7 Å². The lowest BCUT2D eigenvalue weighted by Crippen LogP contribution is -2.47. The van der Waals surface area contributed by atoms with Gasteiger partial charge in [-0.25, -0.2) is 0 Å². The first-order valence-electron chi connectivity index (χ1n) is 17.3. The van der Waals surface area contributed by atoms with Gasteiger partial charge >= 0.3 is 0 Å². The lowest BCUT2D eigenvalue weighted by Gasteiger charge is -2.39. The van der Waals surface area contributed by atoms with E-state index in [1.165, 1.54) is 0 Å². The molecule has 11 nitrogen and oxygen atoms in total. The highest BCUT2D eigenvalue weighted by Crippen LogP contribution is 2.35. The Bertz CT molecular complexity index is 1550. The van der Waals surface area contributed by atoms with E-state index in [4.69, 9.17) is 18.9 Å². The number of anilines is 2. The summed E-state index contributed by atoms with van der Waals surface area (Å²) < 4.78 is 21.4. The number of hydrogen-bond acceptors (Lipinski definition) is 10. The number of phenols is 2. The number of nitrogens with zero attached hydrogens (tertiary/aromatic N) is 4. The van der Waals surface area contributed by atoms with Crippen LogP contribution in [0.15, 0.2) is 84.9 Å². The Morgan fingerprint density at radius 2 is 0.804 bits per heavy atom. The molecule has 2 atom stereocenters. The Kier molecular flexibility index (Phi) is 14.1. The zero-order chi connectivity index (χ0) is 35.6. The van der Waals surface area contributed by atoms with Crippen LogP contribution in [0.5, 0.6) is 34.5 Å². The van der Waals surface area contributed by atoms with E-state index in [-0.39, 0.29) is 29.1 Å². The van der Waals surface area contributed by atoms with Gasteiger partial charge in [0.15, 0.2) is 23.0 Å². The third kappa shape index (κ3) is 9.29. The van der Waals surface area contributed by atoms with E-state index >= 15 is 0 Å². The maximum absolute atomic E-state index is 9.78. The van der Waals surface area contributed by atoms with E-state index in [1.54, 1.807) is 40.6 Å². The number of rotatable bonds is 10. The SMILES string of the molecule is COc1cc(C(C)N2CCN(c3ccccc3OC)CC2)ccc1O.COc1cc(C(C)N2CCN(c3ccccc3OC)CC2)ccc1O.O. The van der Waals surface area contributed by atoms with Gasteiger partial charge in [-0.15, -0.1) is 0 Å². The molecule has 4 N–H and O–H groups in total. The summed E-state index contributed by atoms with van der Waals surface area (Å²) in [6.07, 6.45) is 0. The topological polar surface area (TPSA) is 122 Å². The number of aromatic hydroxyl groups is 2. The molecule has 4 aromatic rings. The first kappa shape index (κ1) is 39.0. The van der Waals surface area contributed by atoms with Gasteiger partial charge in [-0.2, -0.15) is 0 Å². The molecule has 0 bridgehead atoms. The van der Waals surface area contributed by atoms with E-state index in [0.29, 0.717) is 11.5 Å². The second-order valence-corrected chi connectivity index (χ2v) is 12.6. The second kappa shape index (κ2) is 18.4. The number of ether oxygens (including phenoxy) is 4. The number of hydrogen-bond donors (Lipinski definition) is 2. The van der Waals surface area contributed by atoms with Crippen molar-refractivity contribution >= 4 is 11.4 Å². The van der Waals surface area contributed by atoms with Crippen LogP contribution >= 0.6 is 0 Å².